The molecule has 5 nitrogen and oxygen atoms in total. The number of hydrogen-bond donors (Lipinski definition) is 3. The van der Waals surface area contributed by atoms with E-state index < -0.39 is 5.54 Å². The van der Waals surface area contributed by atoms with E-state index in [4.69, 9.17) is 5.73 Å². The first-order valence-electron chi connectivity index (χ1n) is 6.74. The highest BCUT2D eigenvalue weighted by atomic mass is 16.2. The fourth-order valence-electron chi connectivity index (χ4n) is 1.77. The van der Waals surface area contributed by atoms with Crippen molar-refractivity contribution in [1.29, 1.82) is 0 Å². The molecule has 0 spiro atoms. The van der Waals surface area contributed by atoms with Gasteiger partial charge in [-0.05, 0) is 38.5 Å². The zero-order chi connectivity index (χ0) is 15.2. The van der Waals surface area contributed by atoms with Gasteiger partial charge in [-0.25, -0.2) is 0 Å². The van der Waals surface area contributed by atoms with E-state index in [1.807, 2.05) is 32.9 Å². The first-order chi connectivity index (χ1) is 9.30. The Morgan fingerprint density at radius 2 is 1.75 bits per heavy atom. The van der Waals surface area contributed by atoms with Crippen molar-refractivity contribution in [3.8, 4) is 0 Å². The van der Waals surface area contributed by atoms with Crippen molar-refractivity contribution in [2.75, 3.05) is 11.9 Å². The molecular formula is C15H23N3O2. The summed E-state index contributed by atoms with van der Waals surface area (Å²) in [6.07, 6.45) is 0.603. The maximum atomic E-state index is 11.7. The summed E-state index contributed by atoms with van der Waals surface area (Å²) >= 11 is 0. The molecule has 0 aromatic heterocycles. The van der Waals surface area contributed by atoms with Crippen molar-refractivity contribution in [2.45, 2.75) is 39.2 Å². The predicted molar refractivity (Wildman–Crippen MR) is 80.3 cm³/mol. The third-order valence-electron chi connectivity index (χ3n) is 2.59. The number of hydrogen-bond acceptors (Lipinski definition) is 3. The number of likely N-dealkylation sites (N-methyl/N-ethyl adjacent to an activating group) is 1. The Balaban J connectivity index is 2.54. The monoisotopic (exact) mass is 277 g/mol. The molecule has 0 aliphatic heterocycles. The Labute approximate surface area is 119 Å². The van der Waals surface area contributed by atoms with E-state index in [1.165, 1.54) is 0 Å². The number of amides is 2. The van der Waals surface area contributed by atoms with E-state index >= 15 is 0 Å². The first kappa shape index (κ1) is 16.2. The number of rotatable bonds is 6. The van der Waals surface area contributed by atoms with Crippen LogP contribution in [0, 0.1) is 0 Å². The summed E-state index contributed by atoms with van der Waals surface area (Å²) < 4.78 is 0. The molecule has 20 heavy (non-hydrogen) atoms. The van der Waals surface area contributed by atoms with Gasteiger partial charge >= 0.3 is 0 Å². The fourth-order valence-corrected chi connectivity index (χ4v) is 1.77. The van der Waals surface area contributed by atoms with Gasteiger partial charge in [0.15, 0.2) is 0 Å². The van der Waals surface area contributed by atoms with Crippen LogP contribution in [0.1, 0.15) is 32.8 Å². The molecule has 0 aliphatic rings. The average Bonchev–Trinajstić information content (AvgIpc) is 2.29. The second-order valence-corrected chi connectivity index (χ2v) is 5.54. The van der Waals surface area contributed by atoms with E-state index in [0.717, 1.165) is 5.56 Å². The van der Waals surface area contributed by atoms with Gasteiger partial charge in [0.25, 0.3) is 0 Å². The van der Waals surface area contributed by atoms with E-state index in [0.29, 0.717) is 18.7 Å². The van der Waals surface area contributed by atoms with E-state index in [2.05, 4.69) is 10.6 Å². The molecule has 0 fully saturated rings. The quantitative estimate of drug-likeness (QED) is 0.735. The minimum Gasteiger partial charge on any atom is -0.356 e. The zero-order valence-corrected chi connectivity index (χ0v) is 12.3. The van der Waals surface area contributed by atoms with Crippen LogP contribution in [0.2, 0.25) is 0 Å². The Bertz CT molecular complexity index is 461. The SMILES string of the molecule is CCNC(=O)Cc1ccc(NC(=O)CC(C)(C)N)cc1. The second-order valence-electron chi connectivity index (χ2n) is 5.54. The molecule has 1 rings (SSSR count). The van der Waals surface area contributed by atoms with Gasteiger partial charge < -0.3 is 16.4 Å². The molecule has 1 aromatic rings. The molecular weight excluding hydrogens is 254 g/mol. The zero-order valence-electron chi connectivity index (χ0n) is 12.3. The minimum atomic E-state index is -0.526. The smallest absolute Gasteiger partial charge is 0.226 e. The topological polar surface area (TPSA) is 84.2 Å². The highest BCUT2D eigenvalue weighted by Gasteiger charge is 2.16. The van der Waals surface area contributed by atoms with Gasteiger partial charge in [0.1, 0.15) is 0 Å². The molecule has 0 radical (unpaired) electrons. The number of carbonyl (C=O) groups is 2. The molecule has 1 aromatic carbocycles. The fraction of sp³-hybridized carbons (Fsp3) is 0.467. The molecule has 2 amide bonds. The van der Waals surface area contributed by atoms with Crippen molar-refractivity contribution >= 4 is 17.5 Å². The van der Waals surface area contributed by atoms with Crippen LogP contribution in [0.4, 0.5) is 5.69 Å². The lowest BCUT2D eigenvalue weighted by Crippen LogP contribution is -2.36. The third kappa shape index (κ3) is 6.33. The second kappa shape index (κ2) is 7.05. The van der Waals surface area contributed by atoms with E-state index in [9.17, 15) is 9.59 Å². The van der Waals surface area contributed by atoms with Crippen molar-refractivity contribution in [1.82, 2.24) is 5.32 Å². The van der Waals surface area contributed by atoms with Gasteiger partial charge in [-0.15, -0.1) is 0 Å². The van der Waals surface area contributed by atoms with Gasteiger partial charge in [0, 0.05) is 24.2 Å². The molecule has 0 atom stereocenters. The van der Waals surface area contributed by atoms with Crippen molar-refractivity contribution < 1.29 is 9.59 Å². The van der Waals surface area contributed by atoms with Crippen LogP contribution in [0.5, 0.6) is 0 Å². The van der Waals surface area contributed by atoms with Crippen LogP contribution < -0.4 is 16.4 Å². The standard InChI is InChI=1S/C15H23N3O2/c1-4-17-13(19)9-11-5-7-12(8-6-11)18-14(20)10-15(2,3)16/h5-8H,4,9-10,16H2,1-3H3,(H,17,19)(H,18,20). The molecule has 0 heterocycles. The number of carbonyl (C=O) groups excluding carboxylic acids is 2. The van der Waals surface area contributed by atoms with Crippen LogP contribution in [-0.4, -0.2) is 23.9 Å². The Kier molecular flexibility index (Phi) is 5.70. The van der Waals surface area contributed by atoms with Gasteiger partial charge in [-0.3, -0.25) is 9.59 Å². The summed E-state index contributed by atoms with van der Waals surface area (Å²) in [5.41, 5.74) is 6.88. The summed E-state index contributed by atoms with van der Waals surface area (Å²) in [4.78, 5) is 23.2. The Morgan fingerprint density at radius 1 is 1.15 bits per heavy atom. The average molecular weight is 277 g/mol. The van der Waals surface area contributed by atoms with Crippen molar-refractivity contribution in [2.24, 2.45) is 5.73 Å². The molecule has 0 unspecified atom stereocenters. The molecule has 5 heteroatoms. The number of nitrogens with one attached hydrogen (secondary N) is 2. The summed E-state index contributed by atoms with van der Waals surface area (Å²) in [5.74, 6) is -0.122. The first-order valence-corrected chi connectivity index (χ1v) is 6.74. The van der Waals surface area contributed by atoms with E-state index in [-0.39, 0.29) is 18.2 Å². The lowest BCUT2D eigenvalue weighted by molar-refractivity contribution is -0.120. The minimum absolute atomic E-state index is 0.00540. The van der Waals surface area contributed by atoms with Crippen LogP contribution in [0.25, 0.3) is 0 Å². The Morgan fingerprint density at radius 3 is 2.25 bits per heavy atom. The lowest BCUT2D eigenvalue weighted by atomic mass is 10.0. The van der Waals surface area contributed by atoms with Crippen molar-refractivity contribution in [3.05, 3.63) is 29.8 Å². The summed E-state index contributed by atoms with van der Waals surface area (Å²) in [7, 11) is 0. The number of nitrogens with two attached hydrogens (primary N) is 1. The maximum Gasteiger partial charge on any atom is 0.226 e. The lowest BCUT2D eigenvalue weighted by Gasteiger charge is -2.17. The molecule has 110 valence electrons. The molecule has 0 aliphatic carbocycles. The maximum absolute atomic E-state index is 11.7. The Hall–Kier alpha value is -1.88. The number of benzene rings is 1. The number of anilines is 1. The van der Waals surface area contributed by atoms with Crippen LogP contribution in [0.3, 0.4) is 0 Å². The van der Waals surface area contributed by atoms with Gasteiger partial charge in [-0.2, -0.15) is 0 Å². The molecule has 4 N–H and O–H groups in total. The highest BCUT2D eigenvalue weighted by molar-refractivity contribution is 5.91. The van der Waals surface area contributed by atoms with E-state index in [1.54, 1.807) is 12.1 Å². The van der Waals surface area contributed by atoms with Gasteiger partial charge in [0.05, 0.1) is 6.42 Å². The van der Waals surface area contributed by atoms with Gasteiger partial charge in [0.2, 0.25) is 11.8 Å². The van der Waals surface area contributed by atoms with Crippen LogP contribution in [-0.2, 0) is 16.0 Å². The molecule has 0 saturated carbocycles. The van der Waals surface area contributed by atoms with Crippen molar-refractivity contribution in [3.63, 3.8) is 0 Å². The van der Waals surface area contributed by atoms with Crippen LogP contribution >= 0.6 is 0 Å². The summed E-state index contributed by atoms with van der Waals surface area (Å²) in [5, 5.41) is 5.53. The normalized spacial score (nSPS) is 11.0. The largest absolute Gasteiger partial charge is 0.356 e. The van der Waals surface area contributed by atoms with Gasteiger partial charge in [-0.1, -0.05) is 12.1 Å². The summed E-state index contributed by atoms with van der Waals surface area (Å²) in [6.45, 7) is 6.13. The highest BCUT2D eigenvalue weighted by Crippen LogP contribution is 2.12. The van der Waals surface area contributed by atoms with Crippen LogP contribution in [0.15, 0.2) is 24.3 Å². The summed E-state index contributed by atoms with van der Waals surface area (Å²) in [6, 6.07) is 7.24. The predicted octanol–water partition coefficient (Wildman–Crippen LogP) is 1.43. The molecule has 0 saturated heterocycles. The molecule has 0 bridgehead atoms. The third-order valence-corrected chi connectivity index (χ3v) is 2.59.